The zero-order valence-electron chi connectivity index (χ0n) is 16.1. The lowest BCUT2D eigenvalue weighted by molar-refractivity contribution is 0.223. The van der Waals surface area contributed by atoms with Gasteiger partial charge in [0.25, 0.3) is 0 Å². The molecular formula is C20H26Cl2N2O3S. The highest BCUT2D eigenvalue weighted by Crippen LogP contribution is 2.23. The molecule has 1 N–H and O–H groups in total. The topological polar surface area (TPSA) is 58.6 Å². The zero-order chi connectivity index (χ0) is 20.6. The Labute approximate surface area is 177 Å². The Morgan fingerprint density at radius 1 is 0.964 bits per heavy atom. The van der Waals surface area contributed by atoms with E-state index in [0.29, 0.717) is 22.2 Å². The number of rotatable bonds is 11. The van der Waals surface area contributed by atoms with E-state index in [1.807, 2.05) is 24.3 Å². The molecule has 0 saturated carbocycles. The highest BCUT2D eigenvalue weighted by Gasteiger charge is 2.12. The van der Waals surface area contributed by atoms with E-state index in [1.165, 1.54) is 0 Å². The van der Waals surface area contributed by atoms with Crippen LogP contribution >= 0.6 is 23.2 Å². The first-order chi connectivity index (χ1) is 13.3. The molecule has 0 amide bonds. The maximum Gasteiger partial charge on any atom is 0.216 e. The van der Waals surface area contributed by atoms with Crippen molar-refractivity contribution in [3.05, 3.63) is 63.6 Å². The van der Waals surface area contributed by atoms with Crippen LogP contribution in [-0.2, 0) is 22.3 Å². The first-order valence-electron chi connectivity index (χ1n) is 9.18. The smallest absolute Gasteiger partial charge is 0.216 e. The van der Waals surface area contributed by atoms with E-state index in [-0.39, 0.29) is 12.3 Å². The van der Waals surface area contributed by atoms with Crippen LogP contribution in [0.4, 0.5) is 0 Å². The summed E-state index contributed by atoms with van der Waals surface area (Å²) in [6, 6.07) is 12.2. The fourth-order valence-electron chi connectivity index (χ4n) is 2.63. The van der Waals surface area contributed by atoms with E-state index in [9.17, 15) is 8.42 Å². The third kappa shape index (κ3) is 7.60. The van der Waals surface area contributed by atoms with Crippen molar-refractivity contribution in [3.8, 4) is 5.75 Å². The number of sulfonamides is 1. The number of halogens is 2. The standard InChI is InChI=1S/C20H26Cl2N2O3S/c1-3-24(4-2)11-12-27-18-8-5-16(6-9-18)14-23-28(25,26)15-17-7-10-19(21)20(22)13-17/h5-10,13,23H,3-4,11-12,14-15H2,1-2H3. The molecule has 0 radical (unpaired) electrons. The number of nitrogens with one attached hydrogen (secondary N) is 1. The molecule has 0 fully saturated rings. The molecule has 0 aliphatic heterocycles. The average molecular weight is 445 g/mol. The molecule has 0 heterocycles. The van der Waals surface area contributed by atoms with Gasteiger partial charge in [-0.3, -0.25) is 0 Å². The number of likely N-dealkylation sites (N-methyl/N-ethyl adjacent to an activating group) is 1. The van der Waals surface area contributed by atoms with E-state index >= 15 is 0 Å². The van der Waals surface area contributed by atoms with Gasteiger partial charge < -0.3 is 9.64 Å². The second-order valence-electron chi connectivity index (χ2n) is 6.35. The molecule has 2 aromatic rings. The Hall–Kier alpha value is -1.31. The van der Waals surface area contributed by atoms with Crippen LogP contribution < -0.4 is 9.46 Å². The molecule has 8 heteroatoms. The summed E-state index contributed by atoms with van der Waals surface area (Å²) in [5, 5.41) is 0.737. The van der Waals surface area contributed by atoms with Crippen molar-refractivity contribution >= 4 is 33.2 Å². The van der Waals surface area contributed by atoms with E-state index < -0.39 is 10.0 Å². The molecule has 0 aromatic heterocycles. The van der Waals surface area contributed by atoms with Crippen molar-refractivity contribution in [2.24, 2.45) is 0 Å². The summed E-state index contributed by atoms with van der Waals surface area (Å²) < 4.78 is 32.9. The van der Waals surface area contributed by atoms with Gasteiger partial charge in [-0.1, -0.05) is 55.2 Å². The van der Waals surface area contributed by atoms with Crippen molar-refractivity contribution in [2.75, 3.05) is 26.2 Å². The summed E-state index contributed by atoms with van der Waals surface area (Å²) in [5.41, 5.74) is 1.44. The van der Waals surface area contributed by atoms with E-state index in [4.69, 9.17) is 27.9 Å². The van der Waals surface area contributed by atoms with Crippen LogP contribution in [0.25, 0.3) is 0 Å². The molecule has 0 saturated heterocycles. The SMILES string of the molecule is CCN(CC)CCOc1ccc(CNS(=O)(=O)Cc2ccc(Cl)c(Cl)c2)cc1. The van der Waals surface area contributed by atoms with Crippen molar-refractivity contribution in [1.82, 2.24) is 9.62 Å². The van der Waals surface area contributed by atoms with Gasteiger partial charge >= 0.3 is 0 Å². The maximum atomic E-state index is 12.3. The minimum absolute atomic E-state index is 0.156. The van der Waals surface area contributed by atoms with E-state index in [2.05, 4.69) is 23.5 Å². The normalized spacial score (nSPS) is 11.8. The lowest BCUT2D eigenvalue weighted by Crippen LogP contribution is -2.27. The molecule has 0 atom stereocenters. The molecule has 0 aliphatic carbocycles. The summed E-state index contributed by atoms with van der Waals surface area (Å²) in [5.74, 6) is 0.616. The van der Waals surface area contributed by atoms with Crippen LogP contribution in [0.5, 0.6) is 5.75 Å². The predicted octanol–water partition coefficient (Wildman–Crippen LogP) is 4.33. The van der Waals surface area contributed by atoms with Gasteiger partial charge in [0, 0.05) is 13.1 Å². The van der Waals surface area contributed by atoms with Crippen molar-refractivity contribution in [2.45, 2.75) is 26.1 Å². The fraction of sp³-hybridized carbons (Fsp3) is 0.400. The third-order valence-electron chi connectivity index (χ3n) is 4.33. The van der Waals surface area contributed by atoms with Crippen LogP contribution in [0, 0.1) is 0 Å². The molecule has 2 aromatic carbocycles. The lowest BCUT2D eigenvalue weighted by atomic mass is 10.2. The number of hydrogen-bond donors (Lipinski definition) is 1. The maximum absolute atomic E-state index is 12.3. The van der Waals surface area contributed by atoms with Gasteiger partial charge in [-0.15, -0.1) is 0 Å². The summed E-state index contributed by atoms with van der Waals surface area (Å²) in [6.07, 6.45) is 0. The molecule has 0 bridgehead atoms. The Morgan fingerprint density at radius 2 is 1.61 bits per heavy atom. The van der Waals surface area contributed by atoms with E-state index in [1.54, 1.807) is 18.2 Å². The van der Waals surface area contributed by atoms with Gasteiger partial charge in [0.05, 0.1) is 15.8 Å². The first kappa shape index (κ1) is 23.0. The van der Waals surface area contributed by atoms with Crippen molar-refractivity contribution in [3.63, 3.8) is 0 Å². The zero-order valence-corrected chi connectivity index (χ0v) is 18.4. The second kappa shape index (κ2) is 11.0. The number of benzene rings is 2. The molecule has 5 nitrogen and oxygen atoms in total. The van der Waals surface area contributed by atoms with Gasteiger partial charge in [0.15, 0.2) is 0 Å². The Balaban J connectivity index is 1.83. The molecule has 2 rings (SSSR count). The molecule has 0 spiro atoms. The Morgan fingerprint density at radius 3 is 2.21 bits per heavy atom. The Kier molecular flexibility index (Phi) is 9.05. The number of hydrogen-bond acceptors (Lipinski definition) is 4. The summed E-state index contributed by atoms with van der Waals surface area (Å²) in [6.45, 7) is 7.97. The highest BCUT2D eigenvalue weighted by atomic mass is 35.5. The quantitative estimate of drug-likeness (QED) is 0.559. The van der Waals surface area contributed by atoms with Crippen LogP contribution in [0.3, 0.4) is 0 Å². The molecule has 28 heavy (non-hydrogen) atoms. The van der Waals surface area contributed by atoms with Crippen molar-refractivity contribution in [1.29, 1.82) is 0 Å². The molecular weight excluding hydrogens is 419 g/mol. The summed E-state index contributed by atoms with van der Waals surface area (Å²) in [4.78, 5) is 2.29. The second-order valence-corrected chi connectivity index (χ2v) is 8.97. The van der Waals surface area contributed by atoms with Crippen molar-refractivity contribution < 1.29 is 13.2 Å². The van der Waals surface area contributed by atoms with Crippen LogP contribution in [0.15, 0.2) is 42.5 Å². The van der Waals surface area contributed by atoms with E-state index in [0.717, 1.165) is 30.9 Å². The highest BCUT2D eigenvalue weighted by molar-refractivity contribution is 7.88. The van der Waals surface area contributed by atoms with Crippen LogP contribution in [0.2, 0.25) is 10.0 Å². The van der Waals surface area contributed by atoms with Crippen LogP contribution in [-0.4, -0.2) is 39.6 Å². The van der Waals surface area contributed by atoms with Gasteiger partial charge in [-0.05, 0) is 48.5 Å². The van der Waals surface area contributed by atoms with Gasteiger partial charge in [-0.25, -0.2) is 13.1 Å². The third-order valence-corrected chi connectivity index (χ3v) is 6.37. The predicted molar refractivity (Wildman–Crippen MR) is 116 cm³/mol. The average Bonchev–Trinajstić information content (AvgIpc) is 2.67. The monoisotopic (exact) mass is 444 g/mol. The summed E-state index contributed by atoms with van der Waals surface area (Å²) in [7, 11) is -3.49. The lowest BCUT2D eigenvalue weighted by Gasteiger charge is -2.18. The Bertz CT molecular complexity index is 854. The molecule has 0 aliphatic rings. The molecule has 154 valence electrons. The van der Waals surface area contributed by atoms with Gasteiger partial charge in [-0.2, -0.15) is 0 Å². The van der Waals surface area contributed by atoms with Crippen LogP contribution in [0.1, 0.15) is 25.0 Å². The number of ether oxygens (including phenoxy) is 1. The number of nitrogens with zero attached hydrogens (tertiary/aromatic N) is 1. The molecule has 0 unspecified atom stereocenters. The minimum Gasteiger partial charge on any atom is -0.492 e. The minimum atomic E-state index is -3.49. The first-order valence-corrected chi connectivity index (χ1v) is 11.6. The fourth-order valence-corrected chi connectivity index (χ4v) is 4.06. The van der Waals surface area contributed by atoms with Gasteiger partial charge in [0.2, 0.25) is 10.0 Å². The largest absolute Gasteiger partial charge is 0.492 e. The summed E-state index contributed by atoms with van der Waals surface area (Å²) >= 11 is 11.8. The van der Waals surface area contributed by atoms with Gasteiger partial charge in [0.1, 0.15) is 12.4 Å².